The summed E-state index contributed by atoms with van der Waals surface area (Å²) in [5.41, 5.74) is 3.84. The molecule has 3 aromatic heterocycles. The first-order valence-corrected chi connectivity index (χ1v) is 13.7. The van der Waals surface area contributed by atoms with Crippen LogP contribution in [0, 0.1) is 12.7 Å². The SMILES string of the molecule is COc1cnc2c(-c3nc4cc(F)c(OC(C)COC(=O)Nc5cnc(OC(C)CO)nc5)cc4s3)cc(C)cc2n1. The van der Waals surface area contributed by atoms with Gasteiger partial charge in [-0.3, -0.25) is 5.32 Å². The van der Waals surface area contributed by atoms with E-state index >= 15 is 0 Å². The number of nitrogens with zero attached hydrogens (tertiary/aromatic N) is 5. The molecule has 5 rings (SSSR count). The van der Waals surface area contributed by atoms with Crippen molar-refractivity contribution in [3.8, 4) is 28.2 Å². The lowest BCUT2D eigenvalue weighted by atomic mass is 10.1. The Morgan fingerprint density at radius 1 is 1.02 bits per heavy atom. The van der Waals surface area contributed by atoms with Crippen molar-refractivity contribution < 1.29 is 33.2 Å². The van der Waals surface area contributed by atoms with E-state index in [-0.39, 0.29) is 30.7 Å². The van der Waals surface area contributed by atoms with Crippen LogP contribution < -0.4 is 19.5 Å². The first-order chi connectivity index (χ1) is 20.2. The van der Waals surface area contributed by atoms with Crippen molar-refractivity contribution in [2.24, 2.45) is 0 Å². The van der Waals surface area contributed by atoms with Gasteiger partial charge in [-0.25, -0.2) is 34.1 Å². The average Bonchev–Trinajstić information content (AvgIpc) is 3.38. The number of aromatic nitrogens is 5. The minimum atomic E-state index is -0.763. The van der Waals surface area contributed by atoms with Crippen LogP contribution in [-0.4, -0.2) is 68.7 Å². The van der Waals surface area contributed by atoms with Gasteiger partial charge < -0.3 is 24.1 Å². The van der Waals surface area contributed by atoms with Crippen molar-refractivity contribution in [1.82, 2.24) is 24.9 Å². The molecule has 2 unspecified atom stereocenters. The number of rotatable bonds is 10. The number of methoxy groups -OCH3 is 1. The molecule has 2 aromatic carbocycles. The Morgan fingerprint density at radius 2 is 1.81 bits per heavy atom. The maximum atomic E-state index is 15.0. The molecule has 2 atom stereocenters. The van der Waals surface area contributed by atoms with E-state index in [1.807, 2.05) is 19.1 Å². The third-order valence-corrected chi connectivity index (χ3v) is 6.92. The number of anilines is 1. The number of carbonyl (C=O) groups is 1. The Bertz CT molecular complexity index is 1730. The van der Waals surface area contributed by atoms with E-state index in [0.29, 0.717) is 32.1 Å². The van der Waals surface area contributed by atoms with Gasteiger partial charge in [0, 0.05) is 17.7 Å². The minimum Gasteiger partial charge on any atom is -0.484 e. The molecule has 14 heteroatoms. The van der Waals surface area contributed by atoms with Gasteiger partial charge >= 0.3 is 12.1 Å². The normalized spacial score (nSPS) is 12.6. The zero-order chi connectivity index (χ0) is 29.8. The second-order valence-electron chi connectivity index (χ2n) is 9.38. The molecule has 0 aliphatic rings. The molecular formula is C28H27FN6O6S. The molecule has 5 aromatic rings. The molecule has 0 bridgehead atoms. The molecule has 0 saturated heterocycles. The predicted octanol–water partition coefficient (Wildman–Crippen LogP) is 4.93. The number of hydrogen-bond acceptors (Lipinski definition) is 12. The Kier molecular flexibility index (Phi) is 8.54. The standard InChI is InChI=1S/C28H27FN6O6S/c1-14-5-18(25-21(6-14)34-24(38-4)11-30-25)26-35-20-7-19(29)22(8-23(20)42-26)40-16(3)13-39-28(37)33-17-9-31-27(32-10-17)41-15(2)12-36/h5-11,15-16,36H,12-13H2,1-4H3,(H,33,37). The van der Waals surface area contributed by atoms with E-state index in [4.69, 9.17) is 24.1 Å². The first-order valence-electron chi connectivity index (χ1n) is 12.8. The predicted molar refractivity (Wildman–Crippen MR) is 154 cm³/mol. The molecule has 0 radical (unpaired) electrons. The number of nitrogens with one attached hydrogen (secondary N) is 1. The third kappa shape index (κ3) is 6.61. The van der Waals surface area contributed by atoms with Crippen LogP contribution in [0.25, 0.3) is 31.8 Å². The highest BCUT2D eigenvalue weighted by Crippen LogP contribution is 2.37. The van der Waals surface area contributed by atoms with E-state index in [9.17, 15) is 9.18 Å². The summed E-state index contributed by atoms with van der Waals surface area (Å²) < 4.78 is 37.1. The fourth-order valence-electron chi connectivity index (χ4n) is 3.90. The van der Waals surface area contributed by atoms with Crippen LogP contribution in [0.1, 0.15) is 19.4 Å². The maximum Gasteiger partial charge on any atom is 0.411 e. The summed E-state index contributed by atoms with van der Waals surface area (Å²) in [6.45, 7) is 4.93. The second-order valence-corrected chi connectivity index (χ2v) is 10.4. The van der Waals surface area contributed by atoms with E-state index in [1.165, 1.54) is 36.9 Å². The second kappa shape index (κ2) is 12.4. The fourth-order valence-corrected chi connectivity index (χ4v) is 4.89. The van der Waals surface area contributed by atoms with E-state index < -0.39 is 24.1 Å². The Balaban J connectivity index is 1.24. The lowest BCUT2D eigenvalue weighted by Gasteiger charge is -2.15. The highest BCUT2D eigenvalue weighted by Gasteiger charge is 2.18. The molecule has 3 heterocycles. The monoisotopic (exact) mass is 594 g/mol. The van der Waals surface area contributed by atoms with Crippen LogP contribution in [0.3, 0.4) is 0 Å². The van der Waals surface area contributed by atoms with Gasteiger partial charge in [0.15, 0.2) is 11.6 Å². The van der Waals surface area contributed by atoms with Gasteiger partial charge in [-0.05, 0) is 38.5 Å². The molecule has 12 nitrogen and oxygen atoms in total. The fraction of sp³-hybridized carbons (Fsp3) is 0.286. The summed E-state index contributed by atoms with van der Waals surface area (Å²) in [6, 6.07) is 6.83. The van der Waals surface area contributed by atoms with E-state index in [1.54, 1.807) is 26.1 Å². The van der Waals surface area contributed by atoms with Crippen molar-refractivity contribution in [1.29, 1.82) is 0 Å². The molecule has 42 heavy (non-hydrogen) atoms. The summed E-state index contributed by atoms with van der Waals surface area (Å²) in [4.78, 5) is 33.7. The number of hydrogen-bond donors (Lipinski definition) is 2. The highest BCUT2D eigenvalue weighted by molar-refractivity contribution is 7.21. The van der Waals surface area contributed by atoms with Crippen molar-refractivity contribution in [2.75, 3.05) is 25.6 Å². The molecule has 218 valence electrons. The van der Waals surface area contributed by atoms with E-state index in [0.717, 1.165) is 11.1 Å². The smallest absolute Gasteiger partial charge is 0.411 e. The molecule has 0 aliphatic heterocycles. The van der Waals surface area contributed by atoms with Crippen LogP contribution in [-0.2, 0) is 4.74 Å². The van der Waals surface area contributed by atoms with Gasteiger partial charge in [0.05, 0.1) is 59.2 Å². The number of aliphatic hydroxyl groups excluding tert-OH is 1. The first kappa shape index (κ1) is 28.8. The van der Waals surface area contributed by atoms with Crippen LogP contribution in [0.5, 0.6) is 17.6 Å². The molecular weight excluding hydrogens is 567 g/mol. The zero-order valence-corrected chi connectivity index (χ0v) is 23.9. The number of ether oxygens (including phenoxy) is 4. The zero-order valence-electron chi connectivity index (χ0n) is 23.1. The lowest BCUT2D eigenvalue weighted by Crippen LogP contribution is -2.24. The summed E-state index contributed by atoms with van der Waals surface area (Å²) in [5.74, 6) is -0.177. The van der Waals surface area contributed by atoms with Gasteiger partial charge in [-0.1, -0.05) is 0 Å². The minimum absolute atomic E-state index is 0.00827. The van der Waals surface area contributed by atoms with Crippen LogP contribution in [0.15, 0.2) is 42.9 Å². The molecule has 2 N–H and O–H groups in total. The molecule has 0 spiro atoms. The van der Waals surface area contributed by atoms with Crippen LogP contribution in [0.4, 0.5) is 14.9 Å². The maximum absolute atomic E-state index is 15.0. The average molecular weight is 595 g/mol. The van der Waals surface area contributed by atoms with Crippen molar-refractivity contribution in [2.45, 2.75) is 33.0 Å². The summed E-state index contributed by atoms with van der Waals surface area (Å²) in [7, 11) is 1.53. The van der Waals surface area contributed by atoms with Gasteiger partial charge in [0.2, 0.25) is 5.88 Å². The highest BCUT2D eigenvalue weighted by atomic mass is 32.1. The van der Waals surface area contributed by atoms with E-state index in [2.05, 4.69) is 30.2 Å². The molecule has 0 fully saturated rings. The number of amides is 1. The Hall–Kier alpha value is -4.69. The number of carbonyl (C=O) groups excluding carboxylic acids is 1. The number of thiazole rings is 1. The molecule has 1 amide bonds. The van der Waals surface area contributed by atoms with Gasteiger partial charge in [-0.2, -0.15) is 0 Å². The summed E-state index contributed by atoms with van der Waals surface area (Å²) >= 11 is 1.37. The number of aryl methyl sites for hydroxylation is 1. The van der Waals surface area contributed by atoms with Crippen molar-refractivity contribution >= 4 is 44.4 Å². The Labute approximate surface area is 243 Å². The summed E-state index contributed by atoms with van der Waals surface area (Å²) in [5, 5.41) is 12.2. The molecule has 0 aliphatic carbocycles. The number of fused-ring (bicyclic) bond motifs is 2. The van der Waals surface area contributed by atoms with Crippen molar-refractivity contribution in [3.63, 3.8) is 0 Å². The number of aliphatic hydroxyl groups is 1. The van der Waals surface area contributed by atoms with Crippen LogP contribution in [0.2, 0.25) is 0 Å². The molecule has 0 saturated carbocycles. The van der Waals surface area contributed by atoms with Gasteiger partial charge in [-0.15, -0.1) is 11.3 Å². The van der Waals surface area contributed by atoms with Gasteiger partial charge in [0.1, 0.15) is 23.8 Å². The van der Waals surface area contributed by atoms with Crippen LogP contribution >= 0.6 is 11.3 Å². The third-order valence-electron chi connectivity index (χ3n) is 5.87. The Morgan fingerprint density at radius 3 is 2.55 bits per heavy atom. The lowest BCUT2D eigenvalue weighted by molar-refractivity contribution is 0.0969. The quantitative estimate of drug-likeness (QED) is 0.227. The van der Waals surface area contributed by atoms with Gasteiger partial charge in [0.25, 0.3) is 0 Å². The largest absolute Gasteiger partial charge is 0.484 e. The van der Waals surface area contributed by atoms with Crippen molar-refractivity contribution in [3.05, 3.63) is 54.2 Å². The topological polar surface area (TPSA) is 151 Å². The number of halogens is 1. The summed E-state index contributed by atoms with van der Waals surface area (Å²) in [6.07, 6.45) is 2.33. The number of benzene rings is 2.